The molecule has 0 heterocycles. The van der Waals surface area contributed by atoms with Gasteiger partial charge in [0.15, 0.2) is 11.6 Å². The van der Waals surface area contributed by atoms with Crippen molar-refractivity contribution in [3.8, 4) is 28.0 Å². The van der Waals surface area contributed by atoms with Gasteiger partial charge in [-0.2, -0.15) is 4.39 Å². The van der Waals surface area contributed by atoms with E-state index >= 15 is 8.78 Å². The van der Waals surface area contributed by atoms with Gasteiger partial charge in [0.25, 0.3) is 0 Å². The summed E-state index contributed by atoms with van der Waals surface area (Å²) >= 11 is 0. The zero-order valence-electron chi connectivity index (χ0n) is 28.7. The molecule has 0 amide bonds. The van der Waals surface area contributed by atoms with Crippen LogP contribution in [0.25, 0.3) is 22.3 Å². The highest BCUT2D eigenvalue weighted by Gasteiger charge is 2.32. The highest BCUT2D eigenvalue weighted by atomic mass is 19.2. The number of unbranched alkanes of at least 4 members (excludes halogenated alkanes) is 5. The fourth-order valence-corrected chi connectivity index (χ4v) is 8.16. The molecule has 0 N–H and O–H groups in total. The van der Waals surface area contributed by atoms with Gasteiger partial charge in [-0.15, -0.1) is 0 Å². The molecule has 0 aromatic heterocycles. The average Bonchev–Trinajstić information content (AvgIpc) is 3.10. The molecular formula is C43H55F3O. The Morgan fingerprint density at radius 3 is 2.00 bits per heavy atom. The van der Waals surface area contributed by atoms with E-state index in [1.165, 1.54) is 76.7 Å². The molecule has 2 aliphatic rings. The fourth-order valence-electron chi connectivity index (χ4n) is 8.16. The molecule has 254 valence electrons. The molecule has 3 aromatic rings. The zero-order valence-corrected chi connectivity index (χ0v) is 28.7. The van der Waals surface area contributed by atoms with Crippen molar-refractivity contribution >= 4 is 0 Å². The predicted molar refractivity (Wildman–Crippen MR) is 190 cm³/mol. The van der Waals surface area contributed by atoms with Crippen molar-refractivity contribution in [2.24, 2.45) is 17.8 Å². The van der Waals surface area contributed by atoms with E-state index in [9.17, 15) is 4.39 Å². The lowest BCUT2D eigenvalue weighted by atomic mass is 9.68. The van der Waals surface area contributed by atoms with Crippen LogP contribution in [0.15, 0.2) is 66.7 Å². The molecule has 5 rings (SSSR count). The standard InChI is InChI=1S/C43H55F3O/c1-3-5-7-8-9-11-29-47-41-28-27-39(42(45)43(41)46)36-23-19-34(20-24-36)37-25-26-38(40(44)30-37)35-21-17-33(18-22-35)32-15-13-31(14-16-32)12-10-6-4-2/h4,6,19-20,23-28,30-33,35H,3,5,7-18,21-22,29H2,1-2H3/b6-4+. The Bertz CT molecular complexity index is 1410. The van der Waals surface area contributed by atoms with E-state index < -0.39 is 11.6 Å². The van der Waals surface area contributed by atoms with Gasteiger partial charge in [-0.1, -0.05) is 100 Å². The molecule has 1 nitrogen and oxygen atoms in total. The zero-order chi connectivity index (χ0) is 33.0. The second-order valence-electron chi connectivity index (χ2n) is 14.2. The third-order valence-electron chi connectivity index (χ3n) is 11.1. The van der Waals surface area contributed by atoms with Crippen molar-refractivity contribution < 1.29 is 17.9 Å². The number of rotatable bonds is 15. The van der Waals surface area contributed by atoms with Crippen LogP contribution in [-0.2, 0) is 0 Å². The van der Waals surface area contributed by atoms with E-state index in [1.54, 1.807) is 24.3 Å². The van der Waals surface area contributed by atoms with E-state index in [0.29, 0.717) is 12.2 Å². The van der Waals surface area contributed by atoms with Crippen LogP contribution < -0.4 is 4.74 Å². The maximum Gasteiger partial charge on any atom is 0.201 e. The van der Waals surface area contributed by atoms with Crippen LogP contribution in [0.3, 0.4) is 0 Å². The molecule has 0 unspecified atom stereocenters. The highest BCUT2D eigenvalue weighted by molar-refractivity contribution is 5.71. The van der Waals surface area contributed by atoms with Crippen molar-refractivity contribution in [2.45, 2.75) is 122 Å². The first-order chi connectivity index (χ1) is 23.0. The Hall–Kier alpha value is -3.01. The van der Waals surface area contributed by atoms with Gasteiger partial charge in [0.05, 0.1) is 6.61 Å². The van der Waals surface area contributed by atoms with Gasteiger partial charge in [0, 0.05) is 5.56 Å². The number of halogens is 3. The smallest absolute Gasteiger partial charge is 0.201 e. The maximum atomic E-state index is 15.5. The van der Waals surface area contributed by atoms with Crippen molar-refractivity contribution in [3.05, 3.63) is 89.8 Å². The van der Waals surface area contributed by atoms with Crippen LogP contribution >= 0.6 is 0 Å². The molecule has 2 fully saturated rings. The Labute approximate surface area is 282 Å². The molecule has 0 aliphatic heterocycles. The van der Waals surface area contributed by atoms with Crippen molar-refractivity contribution in [1.29, 1.82) is 0 Å². The minimum atomic E-state index is -0.952. The van der Waals surface area contributed by atoms with Crippen LogP contribution in [0.2, 0.25) is 0 Å². The number of hydrogen-bond donors (Lipinski definition) is 0. The minimum absolute atomic E-state index is 0.0428. The summed E-state index contributed by atoms with van der Waals surface area (Å²) in [6.45, 7) is 4.67. The minimum Gasteiger partial charge on any atom is -0.490 e. The molecular weight excluding hydrogens is 589 g/mol. The molecule has 2 aliphatic carbocycles. The van der Waals surface area contributed by atoms with Crippen LogP contribution in [-0.4, -0.2) is 6.61 Å². The van der Waals surface area contributed by atoms with Crippen LogP contribution in [0, 0.1) is 35.2 Å². The molecule has 0 bridgehead atoms. The Morgan fingerprint density at radius 1 is 0.681 bits per heavy atom. The predicted octanol–water partition coefficient (Wildman–Crippen LogP) is 13.6. The average molecular weight is 645 g/mol. The summed E-state index contributed by atoms with van der Waals surface area (Å²) in [6.07, 6.45) is 23.7. The topological polar surface area (TPSA) is 9.23 Å². The van der Waals surface area contributed by atoms with Gasteiger partial charge >= 0.3 is 0 Å². The molecule has 0 saturated heterocycles. The van der Waals surface area contributed by atoms with Gasteiger partial charge in [0.1, 0.15) is 5.82 Å². The number of benzene rings is 3. The van der Waals surface area contributed by atoms with Crippen LogP contribution in [0.4, 0.5) is 13.2 Å². The van der Waals surface area contributed by atoms with Crippen molar-refractivity contribution in [1.82, 2.24) is 0 Å². The third kappa shape index (κ3) is 9.55. The summed E-state index contributed by atoms with van der Waals surface area (Å²) in [4.78, 5) is 0. The summed E-state index contributed by atoms with van der Waals surface area (Å²) in [5, 5.41) is 0. The summed E-state index contributed by atoms with van der Waals surface area (Å²) in [6, 6.07) is 15.9. The SMILES string of the molecule is C/C=C/CCC1CCC(C2CCC(c3ccc(-c4ccc(-c5ccc(OCCCCCCCC)c(F)c5F)cc4)cc3F)CC2)CC1. The molecule has 0 atom stereocenters. The maximum absolute atomic E-state index is 15.5. The van der Waals surface area contributed by atoms with Crippen LogP contribution in [0.5, 0.6) is 5.75 Å². The van der Waals surface area contributed by atoms with Gasteiger partial charge in [-0.05, 0) is 129 Å². The summed E-state index contributed by atoms with van der Waals surface area (Å²) in [7, 11) is 0. The van der Waals surface area contributed by atoms with E-state index in [-0.39, 0.29) is 23.0 Å². The Balaban J connectivity index is 1.13. The summed E-state index contributed by atoms with van der Waals surface area (Å²) < 4.78 is 50.9. The first-order valence-corrected chi connectivity index (χ1v) is 18.6. The second-order valence-corrected chi connectivity index (χ2v) is 14.2. The summed E-state index contributed by atoms with van der Waals surface area (Å²) in [5.41, 5.74) is 3.25. The molecule has 4 heteroatoms. The first-order valence-electron chi connectivity index (χ1n) is 18.6. The Kier molecular flexibility index (Phi) is 13.5. The van der Waals surface area contributed by atoms with Gasteiger partial charge in [-0.25, -0.2) is 8.78 Å². The van der Waals surface area contributed by atoms with E-state index in [1.807, 2.05) is 24.3 Å². The largest absolute Gasteiger partial charge is 0.490 e. The Morgan fingerprint density at radius 2 is 1.32 bits per heavy atom. The molecule has 0 radical (unpaired) electrons. The van der Waals surface area contributed by atoms with E-state index in [4.69, 9.17) is 4.74 Å². The van der Waals surface area contributed by atoms with E-state index in [2.05, 4.69) is 26.0 Å². The van der Waals surface area contributed by atoms with E-state index in [0.717, 1.165) is 66.5 Å². The highest BCUT2D eigenvalue weighted by Crippen LogP contribution is 2.45. The lowest BCUT2D eigenvalue weighted by Gasteiger charge is -2.38. The first kappa shape index (κ1) is 35.3. The molecule has 2 saturated carbocycles. The fraction of sp³-hybridized carbons (Fsp3) is 0.535. The van der Waals surface area contributed by atoms with Gasteiger partial charge in [-0.3, -0.25) is 0 Å². The van der Waals surface area contributed by atoms with Gasteiger partial charge in [0.2, 0.25) is 5.82 Å². The molecule has 3 aromatic carbocycles. The number of hydrogen-bond acceptors (Lipinski definition) is 1. The monoisotopic (exact) mass is 644 g/mol. The normalized spacial score (nSPS) is 21.7. The second kappa shape index (κ2) is 17.9. The quantitative estimate of drug-likeness (QED) is 0.118. The number of allylic oxidation sites excluding steroid dienone is 2. The van der Waals surface area contributed by atoms with Crippen LogP contribution in [0.1, 0.15) is 128 Å². The lowest BCUT2D eigenvalue weighted by Crippen LogP contribution is -2.25. The summed E-state index contributed by atoms with van der Waals surface area (Å²) in [5.74, 6) is 0.808. The third-order valence-corrected chi connectivity index (χ3v) is 11.1. The van der Waals surface area contributed by atoms with Gasteiger partial charge < -0.3 is 4.74 Å². The van der Waals surface area contributed by atoms with Crippen molar-refractivity contribution in [3.63, 3.8) is 0 Å². The van der Waals surface area contributed by atoms with Crippen molar-refractivity contribution in [2.75, 3.05) is 6.61 Å². The molecule has 47 heavy (non-hydrogen) atoms. The molecule has 0 spiro atoms. The lowest BCUT2D eigenvalue weighted by molar-refractivity contribution is 0.156. The number of ether oxygens (including phenoxy) is 1.